The first-order chi connectivity index (χ1) is 19.4. The minimum absolute atomic E-state index is 0.0468. The third kappa shape index (κ3) is 3.94. The summed E-state index contributed by atoms with van der Waals surface area (Å²) >= 11 is 0. The lowest BCUT2D eigenvalue weighted by Crippen LogP contribution is -2.54. The molecule has 0 radical (unpaired) electrons. The molecule has 0 bridgehead atoms. The van der Waals surface area contributed by atoms with Crippen LogP contribution in [0, 0.1) is 17.8 Å². The number of aromatic hydroxyl groups is 1. The van der Waals surface area contributed by atoms with Crippen LogP contribution in [0.3, 0.4) is 0 Å². The number of aliphatic hydroxyl groups is 2. The van der Waals surface area contributed by atoms with Gasteiger partial charge >= 0.3 is 0 Å². The molecule has 4 aliphatic rings. The minimum atomic E-state index is -1.22. The number of Topliss-reactive ketones (excluding diaryl/α,β-unsaturated/α-hetero) is 2. The molecular formula is C30H32N4O7. The van der Waals surface area contributed by atoms with E-state index in [2.05, 4.69) is 0 Å². The molecule has 214 valence electrons. The Bertz CT molecular complexity index is 1620. The first kappa shape index (κ1) is 27.0. The second-order valence-electron chi connectivity index (χ2n) is 11.8. The molecule has 6 rings (SSSR count). The van der Waals surface area contributed by atoms with Crippen molar-refractivity contribution in [3.8, 4) is 5.75 Å². The van der Waals surface area contributed by atoms with E-state index in [1.54, 1.807) is 25.1 Å². The molecule has 3 aliphatic carbocycles. The summed E-state index contributed by atoms with van der Waals surface area (Å²) < 4.78 is 0. The molecular weight excluding hydrogens is 528 g/mol. The van der Waals surface area contributed by atoms with Crippen LogP contribution in [-0.4, -0.2) is 81.2 Å². The number of primary amides is 2. The van der Waals surface area contributed by atoms with Gasteiger partial charge in [-0.25, -0.2) is 0 Å². The van der Waals surface area contributed by atoms with Gasteiger partial charge in [0.05, 0.1) is 23.6 Å². The van der Waals surface area contributed by atoms with E-state index in [1.165, 1.54) is 0 Å². The zero-order valence-corrected chi connectivity index (χ0v) is 22.8. The summed E-state index contributed by atoms with van der Waals surface area (Å²) in [4.78, 5) is 54.6. The van der Waals surface area contributed by atoms with Gasteiger partial charge in [-0.3, -0.25) is 29.0 Å². The summed E-state index contributed by atoms with van der Waals surface area (Å²) in [5, 5.41) is 34.9. The summed E-state index contributed by atoms with van der Waals surface area (Å²) in [6.45, 7) is 1.19. The molecule has 0 aromatic heterocycles. The first-order valence-electron chi connectivity index (χ1n) is 13.6. The second kappa shape index (κ2) is 9.42. The van der Waals surface area contributed by atoms with Gasteiger partial charge in [0.25, 0.3) is 5.91 Å². The normalized spacial score (nSPS) is 27.9. The minimum Gasteiger partial charge on any atom is -0.511 e. The Morgan fingerprint density at radius 2 is 1.80 bits per heavy atom. The smallest absolute Gasteiger partial charge is 0.255 e. The molecule has 4 unspecified atom stereocenters. The van der Waals surface area contributed by atoms with Gasteiger partial charge in [0, 0.05) is 24.0 Å². The number of phenols is 1. The van der Waals surface area contributed by atoms with Crippen molar-refractivity contribution in [2.45, 2.75) is 37.9 Å². The highest BCUT2D eigenvalue weighted by Gasteiger charge is 2.54. The molecule has 1 saturated heterocycles. The number of likely N-dealkylation sites (tertiary alicyclic amines) is 1. The lowest BCUT2D eigenvalue weighted by Gasteiger charge is -2.46. The number of aliphatic hydroxyl groups excluding tert-OH is 2. The average Bonchev–Trinajstić information content (AvgIpc) is 2.85. The molecule has 5 atom stereocenters. The van der Waals surface area contributed by atoms with Crippen LogP contribution < -0.4 is 11.5 Å². The maximum atomic E-state index is 13.9. The first-order valence-corrected chi connectivity index (χ1v) is 13.6. The molecule has 0 saturated carbocycles. The van der Waals surface area contributed by atoms with Crippen LogP contribution in [0.15, 0.2) is 46.9 Å². The van der Waals surface area contributed by atoms with Crippen LogP contribution in [0.2, 0.25) is 0 Å². The molecule has 1 fully saturated rings. The van der Waals surface area contributed by atoms with Crippen molar-refractivity contribution in [2.24, 2.45) is 29.2 Å². The number of nitrogens with zero attached hydrogens (tertiary/aromatic N) is 2. The Morgan fingerprint density at radius 1 is 1.07 bits per heavy atom. The van der Waals surface area contributed by atoms with Crippen molar-refractivity contribution in [3.63, 3.8) is 0 Å². The van der Waals surface area contributed by atoms with Crippen LogP contribution >= 0.6 is 0 Å². The number of hydrogen-bond donors (Lipinski definition) is 5. The molecule has 1 aliphatic heterocycles. The fraction of sp³-hybridized carbons (Fsp3) is 0.400. The fourth-order valence-electron chi connectivity index (χ4n) is 7.37. The standard InChI is InChI=1S/C30H32N4O7/c1-33(2)23-17-10-15-9-14-8-13-4-3-12(11-34-6-5-18(34)29(31)40)7-16(13)24(35)19(14)25(36)20(15)26(37)21(17)27(38)22(28(23)39)30(32)41/h3-4,7-8,15,17-18,21,23,35,37,39H,5-6,9-11H2,1-2H3,(H2,31,40)(H2,32,41)/t15?,17?,18?,21?,23-/m0/s1. The van der Waals surface area contributed by atoms with E-state index in [4.69, 9.17) is 11.5 Å². The fourth-order valence-corrected chi connectivity index (χ4v) is 7.37. The Labute approximate surface area is 235 Å². The number of benzene rings is 2. The van der Waals surface area contributed by atoms with E-state index < -0.39 is 58.4 Å². The van der Waals surface area contributed by atoms with Gasteiger partial charge in [-0.05, 0) is 67.8 Å². The number of likely N-dealkylation sites (N-methyl/N-ethyl adjacent to an activating group) is 1. The largest absolute Gasteiger partial charge is 0.511 e. The van der Waals surface area contributed by atoms with Gasteiger partial charge in [0.1, 0.15) is 22.8 Å². The summed E-state index contributed by atoms with van der Waals surface area (Å²) in [6.07, 6.45) is 1.34. The van der Waals surface area contributed by atoms with Crippen LogP contribution in [0.5, 0.6) is 5.75 Å². The molecule has 41 heavy (non-hydrogen) atoms. The molecule has 11 nitrogen and oxygen atoms in total. The summed E-state index contributed by atoms with van der Waals surface area (Å²) in [5.41, 5.74) is 11.9. The zero-order chi connectivity index (χ0) is 29.5. The van der Waals surface area contributed by atoms with E-state index >= 15 is 0 Å². The lowest BCUT2D eigenvalue weighted by molar-refractivity contribution is -0.128. The van der Waals surface area contributed by atoms with Gasteiger partial charge in [-0.2, -0.15) is 0 Å². The van der Waals surface area contributed by atoms with Crippen molar-refractivity contribution < 1.29 is 34.5 Å². The molecule has 2 amide bonds. The quantitative estimate of drug-likeness (QED) is 0.335. The maximum Gasteiger partial charge on any atom is 0.255 e. The summed E-state index contributed by atoms with van der Waals surface area (Å²) in [6, 6.07) is 6.34. The van der Waals surface area contributed by atoms with Gasteiger partial charge < -0.3 is 26.8 Å². The highest BCUT2D eigenvalue weighted by atomic mass is 16.3. The number of carbonyl (C=O) groups excluding carboxylic acids is 4. The maximum absolute atomic E-state index is 13.9. The van der Waals surface area contributed by atoms with E-state index in [1.807, 2.05) is 23.1 Å². The summed E-state index contributed by atoms with van der Waals surface area (Å²) in [5.74, 6) is -6.19. The van der Waals surface area contributed by atoms with Crippen LogP contribution in [0.1, 0.15) is 34.3 Å². The predicted molar refractivity (Wildman–Crippen MR) is 148 cm³/mol. The second-order valence-corrected chi connectivity index (χ2v) is 11.8. The third-order valence-corrected chi connectivity index (χ3v) is 9.28. The number of carbonyl (C=O) groups is 4. The van der Waals surface area contributed by atoms with Gasteiger partial charge in [0.2, 0.25) is 5.91 Å². The van der Waals surface area contributed by atoms with Gasteiger partial charge in [-0.15, -0.1) is 0 Å². The van der Waals surface area contributed by atoms with Crippen molar-refractivity contribution in [3.05, 3.63) is 63.6 Å². The Balaban J connectivity index is 1.42. The molecule has 2 aromatic rings. The van der Waals surface area contributed by atoms with Crippen molar-refractivity contribution in [1.82, 2.24) is 9.80 Å². The van der Waals surface area contributed by atoms with Crippen LogP contribution in [0.4, 0.5) is 0 Å². The summed E-state index contributed by atoms with van der Waals surface area (Å²) in [7, 11) is 3.39. The molecule has 0 spiro atoms. The zero-order valence-electron chi connectivity index (χ0n) is 22.8. The van der Waals surface area contributed by atoms with E-state index in [0.717, 1.165) is 17.5 Å². The lowest BCUT2D eigenvalue weighted by atomic mass is 9.61. The monoisotopic (exact) mass is 560 g/mol. The van der Waals surface area contributed by atoms with E-state index in [-0.39, 0.29) is 28.8 Å². The molecule has 11 heteroatoms. The molecule has 7 N–H and O–H groups in total. The number of ketones is 2. The molecule has 1 heterocycles. The van der Waals surface area contributed by atoms with Crippen molar-refractivity contribution >= 4 is 34.2 Å². The van der Waals surface area contributed by atoms with Gasteiger partial charge in [-0.1, -0.05) is 18.2 Å². The van der Waals surface area contributed by atoms with Crippen LogP contribution in [0.25, 0.3) is 10.8 Å². The third-order valence-electron chi connectivity index (χ3n) is 9.28. The number of fused-ring (bicyclic) bond motifs is 4. The van der Waals surface area contributed by atoms with Crippen LogP contribution in [-0.2, 0) is 27.3 Å². The van der Waals surface area contributed by atoms with E-state index in [9.17, 15) is 34.5 Å². The Hall–Kier alpha value is -4.22. The predicted octanol–water partition coefficient (Wildman–Crippen LogP) is 1.22. The number of rotatable bonds is 5. The molecule has 2 aromatic carbocycles. The van der Waals surface area contributed by atoms with Crippen molar-refractivity contribution in [1.29, 1.82) is 0 Å². The van der Waals surface area contributed by atoms with E-state index in [0.29, 0.717) is 36.8 Å². The highest BCUT2D eigenvalue weighted by molar-refractivity contribution is 6.22. The highest BCUT2D eigenvalue weighted by Crippen LogP contribution is 2.51. The Morgan fingerprint density at radius 3 is 2.41 bits per heavy atom. The Kier molecular flexibility index (Phi) is 6.20. The van der Waals surface area contributed by atoms with Crippen molar-refractivity contribution in [2.75, 3.05) is 20.6 Å². The number of phenolic OH excluding ortho intramolecular Hbond substituents is 1. The average molecular weight is 561 g/mol. The number of amides is 2. The van der Waals surface area contributed by atoms with Gasteiger partial charge in [0.15, 0.2) is 11.6 Å². The number of nitrogens with two attached hydrogens (primary N) is 2. The number of hydrogen-bond acceptors (Lipinski definition) is 9. The topological polar surface area (TPSA) is 187 Å². The number of allylic oxidation sites excluding steroid dienone is 2. The SMILES string of the molecule is CN(C)[C@@H]1C(O)=C(C(N)=O)C(=O)C2C(O)=C3C(=O)c4c(cc5ccc(CN6CCC6C(N)=O)cc5c4O)CC3CC21.